The standard InChI is InChI=1S/C20H31N3O7S/c1-4-10-15(25)14(21-3)17-18(16(10)26)29-19-20(27,30-17)11(7-9(2)28-19)23-12(24)8-13-22-5-6-31-13/h5-6,9-11,14-19,21,25-27H,4,7-8H2,1-3H3,(H,23,24)/t9-,10-,11-,14+,15+,16-,17?,18?,19?,20+/m1/s1. The summed E-state index contributed by atoms with van der Waals surface area (Å²) in [6, 6.07) is -1.38. The van der Waals surface area contributed by atoms with Crippen LogP contribution in [0.2, 0.25) is 0 Å². The molecule has 3 heterocycles. The van der Waals surface area contributed by atoms with Gasteiger partial charge in [-0.15, -0.1) is 11.3 Å². The third-order valence-corrected chi connectivity index (χ3v) is 7.34. The number of thiazole rings is 1. The van der Waals surface area contributed by atoms with E-state index in [4.69, 9.17) is 14.2 Å². The fourth-order valence-corrected chi connectivity index (χ4v) is 5.58. The monoisotopic (exact) mass is 457 g/mol. The van der Waals surface area contributed by atoms with Crippen molar-refractivity contribution in [2.24, 2.45) is 5.92 Å². The lowest BCUT2D eigenvalue weighted by Crippen LogP contribution is -2.77. The molecular weight excluding hydrogens is 426 g/mol. The van der Waals surface area contributed by atoms with Crippen LogP contribution in [0.4, 0.5) is 0 Å². The van der Waals surface area contributed by atoms with Gasteiger partial charge in [0, 0.05) is 17.5 Å². The summed E-state index contributed by atoms with van der Waals surface area (Å²) in [7, 11) is 1.68. The lowest BCUT2D eigenvalue weighted by Gasteiger charge is -2.58. The Morgan fingerprint density at radius 2 is 2.10 bits per heavy atom. The number of nitrogens with one attached hydrogen (secondary N) is 2. The first-order valence-corrected chi connectivity index (χ1v) is 11.6. The molecule has 10 atom stereocenters. The number of ether oxygens (including phenoxy) is 3. The fourth-order valence-electron chi connectivity index (χ4n) is 4.96. The van der Waals surface area contributed by atoms with Gasteiger partial charge in [0.1, 0.15) is 17.2 Å². The molecule has 1 aromatic rings. The molecule has 174 valence electrons. The topological polar surface area (TPSA) is 142 Å². The van der Waals surface area contributed by atoms with E-state index in [0.29, 0.717) is 17.8 Å². The molecule has 10 nitrogen and oxygen atoms in total. The first-order valence-electron chi connectivity index (χ1n) is 10.7. The van der Waals surface area contributed by atoms with Gasteiger partial charge in [-0.1, -0.05) is 6.92 Å². The number of hydrogen-bond acceptors (Lipinski definition) is 10. The molecule has 0 radical (unpaired) electrons. The molecule has 0 spiro atoms. The van der Waals surface area contributed by atoms with E-state index in [9.17, 15) is 20.1 Å². The van der Waals surface area contributed by atoms with Crippen LogP contribution in [0, 0.1) is 5.92 Å². The van der Waals surface area contributed by atoms with Crippen LogP contribution in [0.25, 0.3) is 0 Å². The quantitative estimate of drug-likeness (QED) is 0.381. The minimum atomic E-state index is -1.97. The van der Waals surface area contributed by atoms with E-state index in [1.54, 1.807) is 18.6 Å². The van der Waals surface area contributed by atoms with Crippen LogP contribution in [0.1, 0.15) is 31.7 Å². The smallest absolute Gasteiger partial charge is 0.239 e. The molecule has 0 bridgehead atoms. The normalized spacial score (nSPS) is 44.9. The number of aliphatic hydroxyl groups is 3. The fraction of sp³-hybridized carbons (Fsp3) is 0.800. The number of carbonyl (C=O) groups excluding carboxylic acids is 1. The van der Waals surface area contributed by atoms with Crippen molar-refractivity contribution in [3.63, 3.8) is 0 Å². The second kappa shape index (κ2) is 8.99. The van der Waals surface area contributed by atoms with Crippen LogP contribution in [0.3, 0.4) is 0 Å². The van der Waals surface area contributed by atoms with Crippen LogP contribution < -0.4 is 10.6 Å². The Kier molecular flexibility index (Phi) is 6.67. The summed E-state index contributed by atoms with van der Waals surface area (Å²) in [6.45, 7) is 3.71. The molecule has 5 N–H and O–H groups in total. The van der Waals surface area contributed by atoms with E-state index >= 15 is 0 Å². The number of aliphatic hydroxyl groups excluding tert-OH is 2. The first kappa shape index (κ1) is 23.0. The Hall–Kier alpha value is -1.18. The maximum atomic E-state index is 12.6. The SMILES string of the molecule is CC[C@@H]1[C@H](O)[C@H](NC)C2O[C@]3(O)C(OC2[C@@H]1O)O[C@H](C)C[C@H]3NC(=O)Cc1nccs1. The molecule has 3 aliphatic rings. The molecule has 3 fully saturated rings. The van der Waals surface area contributed by atoms with Gasteiger partial charge in [0.25, 0.3) is 0 Å². The number of nitrogens with zero attached hydrogens (tertiary/aromatic N) is 1. The zero-order chi connectivity index (χ0) is 22.3. The van der Waals surface area contributed by atoms with Crippen molar-refractivity contribution < 1.29 is 34.3 Å². The first-order chi connectivity index (χ1) is 14.8. The number of likely N-dealkylation sites (N-methyl/N-ethyl adjacent to an activating group) is 1. The van der Waals surface area contributed by atoms with Crippen LogP contribution in [0.5, 0.6) is 0 Å². The van der Waals surface area contributed by atoms with Gasteiger partial charge in [-0.2, -0.15) is 0 Å². The highest BCUT2D eigenvalue weighted by Crippen LogP contribution is 2.43. The average molecular weight is 458 g/mol. The highest BCUT2D eigenvalue weighted by Gasteiger charge is 2.63. The number of rotatable bonds is 5. The molecule has 3 unspecified atom stereocenters. The molecule has 1 amide bonds. The predicted molar refractivity (Wildman–Crippen MR) is 110 cm³/mol. The van der Waals surface area contributed by atoms with Crippen molar-refractivity contribution >= 4 is 17.2 Å². The van der Waals surface area contributed by atoms with Crippen molar-refractivity contribution in [1.29, 1.82) is 0 Å². The molecule has 2 saturated heterocycles. The van der Waals surface area contributed by atoms with Gasteiger partial charge in [-0.3, -0.25) is 4.79 Å². The molecular formula is C20H31N3O7S. The molecule has 1 aromatic heterocycles. The van der Waals surface area contributed by atoms with Gasteiger partial charge < -0.3 is 40.2 Å². The van der Waals surface area contributed by atoms with Crippen molar-refractivity contribution in [3.05, 3.63) is 16.6 Å². The highest BCUT2D eigenvalue weighted by atomic mass is 32.1. The molecule has 0 aromatic carbocycles. The predicted octanol–water partition coefficient (Wildman–Crippen LogP) is -0.872. The molecule has 1 saturated carbocycles. The Balaban J connectivity index is 1.57. The average Bonchev–Trinajstić information content (AvgIpc) is 3.21. The maximum Gasteiger partial charge on any atom is 0.239 e. The molecule has 1 aliphatic carbocycles. The van der Waals surface area contributed by atoms with E-state index in [1.165, 1.54) is 11.3 Å². The lowest BCUT2D eigenvalue weighted by molar-refractivity contribution is -0.450. The largest absolute Gasteiger partial charge is 0.391 e. The summed E-state index contributed by atoms with van der Waals surface area (Å²) >= 11 is 1.38. The number of fused-ring (bicyclic) bond motifs is 2. The second-order valence-electron chi connectivity index (χ2n) is 8.54. The highest BCUT2D eigenvalue weighted by molar-refractivity contribution is 7.09. The Labute approximate surface area is 184 Å². The zero-order valence-corrected chi connectivity index (χ0v) is 18.6. The van der Waals surface area contributed by atoms with Crippen LogP contribution in [0.15, 0.2) is 11.6 Å². The summed E-state index contributed by atoms with van der Waals surface area (Å²) < 4.78 is 18.0. The molecule has 4 rings (SSSR count). The van der Waals surface area contributed by atoms with E-state index in [0.717, 1.165) is 0 Å². The number of amides is 1. The Bertz CT molecular complexity index is 768. The van der Waals surface area contributed by atoms with Gasteiger partial charge >= 0.3 is 0 Å². The van der Waals surface area contributed by atoms with E-state index in [-0.39, 0.29) is 18.4 Å². The summed E-state index contributed by atoms with van der Waals surface area (Å²) in [6.07, 6.45) is -2.44. The van der Waals surface area contributed by atoms with Gasteiger partial charge in [-0.25, -0.2) is 4.98 Å². The minimum absolute atomic E-state index is 0.0891. The third-order valence-electron chi connectivity index (χ3n) is 6.56. The Morgan fingerprint density at radius 1 is 1.32 bits per heavy atom. The van der Waals surface area contributed by atoms with Crippen LogP contribution in [-0.4, -0.2) is 87.9 Å². The third kappa shape index (κ3) is 4.13. The van der Waals surface area contributed by atoms with E-state index in [2.05, 4.69) is 15.6 Å². The van der Waals surface area contributed by atoms with Gasteiger partial charge in [0.05, 0.1) is 36.8 Å². The minimum Gasteiger partial charge on any atom is -0.391 e. The zero-order valence-electron chi connectivity index (χ0n) is 17.8. The van der Waals surface area contributed by atoms with Crippen LogP contribution >= 0.6 is 11.3 Å². The second-order valence-corrected chi connectivity index (χ2v) is 9.52. The van der Waals surface area contributed by atoms with E-state index < -0.39 is 54.5 Å². The van der Waals surface area contributed by atoms with Crippen molar-refractivity contribution in [2.75, 3.05) is 7.05 Å². The van der Waals surface area contributed by atoms with E-state index in [1.807, 2.05) is 13.8 Å². The van der Waals surface area contributed by atoms with Gasteiger partial charge in [0.2, 0.25) is 18.0 Å². The maximum absolute atomic E-state index is 12.6. The van der Waals surface area contributed by atoms with Crippen LogP contribution in [-0.2, 0) is 25.4 Å². The summed E-state index contributed by atoms with van der Waals surface area (Å²) in [5.41, 5.74) is 0. The van der Waals surface area contributed by atoms with Crippen molar-refractivity contribution in [2.45, 2.75) is 87.8 Å². The number of aromatic nitrogens is 1. The lowest BCUT2D eigenvalue weighted by atomic mass is 9.74. The van der Waals surface area contributed by atoms with Crippen molar-refractivity contribution in [1.82, 2.24) is 15.6 Å². The molecule has 31 heavy (non-hydrogen) atoms. The Morgan fingerprint density at radius 3 is 2.74 bits per heavy atom. The number of carbonyl (C=O) groups is 1. The van der Waals surface area contributed by atoms with Gasteiger partial charge in [-0.05, 0) is 26.8 Å². The summed E-state index contributed by atoms with van der Waals surface area (Å²) in [4.78, 5) is 16.7. The molecule has 11 heteroatoms. The summed E-state index contributed by atoms with van der Waals surface area (Å²) in [5.74, 6) is -2.69. The number of hydrogen-bond donors (Lipinski definition) is 5. The van der Waals surface area contributed by atoms with Gasteiger partial charge in [0.15, 0.2) is 0 Å². The van der Waals surface area contributed by atoms with Crippen molar-refractivity contribution in [3.8, 4) is 0 Å². The molecule has 2 aliphatic heterocycles. The summed E-state index contributed by atoms with van der Waals surface area (Å²) in [5, 5.41) is 41.4.